The molecule has 0 atom stereocenters. The molecule has 0 radical (unpaired) electrons. The molecule has 0 amide bonds. The number of hydrogen-bond donors (Lipinski definition) is 1. The monoisotopic (exact) mass is 157 g/mol. The van der Waals surface area contributed by atoms with Gasteiger partial charge in [0, 0.05) is 12.7 Å². The fourth-order valence-electron chi connectivity index (χ4n) is 0.394. The Hall–Kier alpha value is -0.370. The Balaban J connectivity index is 3.91. The van der Waals surface area contributed by atoms with Gasteiger partial charge in [-0.15, -0.1) is 11.8 Å². The van der Waals surface area contributed by atoms with Crippen LogP contribution in [0.15, 0.2) is 22.8 Å². The summed E-state index contributed by atoms with van der Waals surface area (Å²) < 4.78 is 0. The van der Waals surface area contributed by atoms with Gasteiger partial charge in [-0.2, -0.15) is 0 Å². The fraction of sp³-hybridized carbons (Fsp3) is 0.500. The summed E-state index contributed by atoms with van der Waals surface area (Å²) in [6, 6.07) is 0. The molecule has 0 saturated heterocycles. The smallest absolute Gasteiger partial charge is 0.00727 e. The molecule has 0 unspecified atom stereocenters. The second-order valence-corrected chi connectivity index (χ2v) is 3.13. The third-order valence-corrected chi connectivity index (χ3v) is 2.06. The predicted octanol–water partition coefficient (Wildman–Crippen LogP) is 2.38. The maximum atomic E-state index is 3.05. The van der Waals surface area contributed by atoms with Gasteiger partial charge < -0.3 is 5.32 Å². The van der Waals surface area contributed by atoms with Crippen LogP contribution in [-0.4, -0.2) is 13.3 Å². The summed E-state index contributed by atoms with van der Waals surface area (Å²) in [5.74, 6) is 0. The average Bonchev–Trinajstić information content (AvgIpc) is 1.99. The first-order chi connectivity index (χ1) is 4.70. The molecule has 2 heteroatoms. The Labute approximate surface area is 67.6 Å². The number of nitrogens with one attached hydrogen (secondary N) is 1. The first kappa shape index (κ1) is 9.63. The van der Waals surface area contributed by atoms with E-state index in [1.54, 1.807) is 11.8 Å². The lowest BCUT2D eigenvalue weighted by molar-refractivity contribution is 0.990. The van der Waals surface area contributed by atoms with Gasteiger partial charge in [0.15, 0.2) is 0 Å². The predicted molar refractivity (Wildman–Crippen MR) is 50.1 cm³/mol. The van der Waals surface area contributed by atoms with Crippen LogP contribution in [0.2, 0.25) is 0 Å². The minimum Gasteiger partial charge on any atom is -0.392 e. The van der Waals surface area contributed by atoms with Crippen LogP contribution in [0.5, 0.6) is 0 Å². The maximum absolute atomic E-state index is 3.05. The van der Waals surface area contributed by atoms with Crippen LogP contribution in [0.4, 0.5) is 0 Å². The van der Waals surface area contributed by atoms with Gasteiger partial charge in [0.2, 0.25) is 0 Å². The summed E-state index contributed by atoms with van der Waals surface area (Å²) in [5.41, 5.74) is 1.19. The van der Waals surface area contributed by atoms with E-state index in [9.17, 15) is 0 Å². The third kappa shape index (κ3) is 4.50. The molecule has 0 spiro atoms. The highest BCUT2D eigenvalue weighted by molar-refractivity contribution is 8.02. The first-order valence-electron chi connectivity index (χ1n) is 3.27. The lowest BCUT2D eigenvalue weighted by Crippen LogP contribution is -2.00. The molecular weight excluding hydrogens is 142 g/mol. The maximum Gasteiger partial charge on any atom is 0.00727 e. The molecule has 1 N–H and O–H groups in total. The number of rotatable bonds is 3. The highest BCUT2D eigenvalue weighted by Gasteiger charge is 1.81. The van der Waals surface area contributed by atoms with Gasteiger partial charge in [0.05, 0.1) is 0 Å². The molecular formula is C8H15NS. The van der Waals surface area contributed by atoms with Crippen molar-refractivity contribution in [3.8, 4) is 0 Å². The van der Waals surface area contributed by atoms with Crippen molar-refractivity contribution in [3.05, 3.63) is 22.8 Å². The zero-order valence-corrected chi connectivity index (χ0v) is 7.88. The molecule has 0 saturated carbocycles. The molecule has 1 nitrogen and oxygen atoms in total. The van der Waals surface area contributed by atoms with Crippen molar-refractivity contribution in [2.45, 2.75) is 13.8 Å². The molecule has 0 rings (SSSR count). The fourth-order valence-corrected chi connectivity index (χ4v) is 0.598. The van der Waals surface area contributed by atoms with Gasteiger partial charge in [-0.25, -0.2) is 0 Å². The van der Waals surface area contributed by atoms with Crippen LogP contribution in [0.1, 0.15) is 13.8 Å². The molecule has 58 valence electrons. The second kappa shape index (κ2) is 5.42. The van der Waals surface area contributed by atoms with E-state index in [0.717, 1.165) is 0 Å². The van der Waals surface area contributed by atoms with Crippen molar-refractivity contribution in [3.63, 3.8) is 0 Å². The van der Waals surface area contributed by atoms with E-state index in [-0.39, 0.29) is 0 Å². The van der Waals surface area contributed by atoms with Gasteiger partial charge in [0.1, 0.15) is 0 Å². The Morgan fingerprint density at radius 2 is 1.90 bits per heavy atom. The molecule has 10 heavy (non-hydrogen) atoms. The van der Waals surface area contributed by atoms with Gasteiger partial charge in [-0.3, -0.25) is 0 Å². The molecule has 0 aliphatic rings. The van der Waals surface area contributed by atoms with Crippen molar-refractivity contribution in [1.82, 2.24) is 5.32 Å². The van der Waals surface area contributed by atoms with Gasteiger partial charge >= 0.3 is 0 Å². The van der Waals surface area contributed by atoms with Crippen LogP contribution in [-0.2, 0) is 0 Å². The van der Waals surface area contributed by atoms with Crippen LogP contribution in [0.25, 0.3) is 0 Å². The van der Waals surface area contributed by atoms with Crippen LogP contribution in [0, 0.1) is 0 Å². The number of hydrogen-bond acceptors (Lipinski definition) is 2. The van der Waals surface area contributed by atoms with Crippen molar-refractivity contribution in [1.29, 1.82) is 0 Å². The first-order valence-corrected chi connectivity index (χ1v) is 4.50. The van der Waals surface area contributed by atoms with Gasteiger partial charge in [0.25, 0.3) is 0 Å². The minimum atomic E-state index is 1.19. The molecule has 0 aromatic heterocycles. The molecule has 0 aliphatic carbocycles. The highest BCUT2D eigenvalue weighted by Crippen LogP contribution is 2.09. The van der Waals surface area contributed by atoms with Crippen molar-refractivity contribution in [2.24, 2.45) is 0 Å². The van der Waals surface area contributed by atoms with E-state index < -0.39 is 0 Å². The highest BCUT2D eigenvalue weighted by atomic mass is 32.2. The van der Waals surface area contributed by atoms with E-state index in [0.29, 0.717) is 0 Å². The van der Waals surface area contributed by atoms with E-state index in [4.69, 9.17) is 0 Å². The summed E-state index contributed by atoms with van der Waals surface area (Å²) >= 11 is 1.77. The Kier molecular flexibility index (Phi) is 5.22. The van der Waals surface area contributed by atoms with Gasteiger partial charge in [-0.05, 0) is 31.1 Å². The number of allylic oxidation sites excluding steroid dienone is 4. The van der Waals surface area contributed by atoms with Crippen LogP contribution in [0.3, 0.4) is 0 Å². The summed E-state index contributed by atoms with van der Waals surface area (Å²) in [6.45, 7) is 4.15. The molecule has 0 aromatic rings. The Morgan fingerprint density at radius 1 is 1.30 bits per heavy atom. The Bertz CT molecular complexity index is 129. The standard InChI is InChI=1S/C8H15NS/c1-7(9-3)5-6-8(2)10-4/h5-6,9H,1-4H3/b7-5+,8-6+. The lowest BCUT2D eigenvalue weighted by atomic mass is 10.4. The lowest BCUT2D eigenvalue weighted by Gasteiger charge is -1.95. The van der Waals surface area contributed by atoms with Crippen molar-refractivity contribution >= 4 is 11.8 Å². The van der Waals surface area contributed by atoms with E-state index in [1.165, 1.54) is 10.6 Å². The number of thioether (sulfide) groups is 1. The molecule has 0 bridgehead atoms. The molecule has 0 heterocycles. The summed E-state index contributed by atoms with van der Waals surface area (Å²) in [7, 11) is 1.92. The quantitative estimate of drug-likeness (QED) is 0.631. The van der Waals surface area contributed by atoms with Crippen molar-refractivity contribution < 1.29 is 0 Å². The topological polar surface area (TPSA) is 12.0 Å². The zero-order chi connectivity index (χ0) is 7.98. The summed E-state index contributed by atoms with van der Waals surface area (Å²) in [4.78, 5) is 1.33. The van der Waals surface area contributed by atoms with Crippen LogP contribution < -0.4 is 5.32 Å². The largest absolute Gasteiger partial charge is 0.392 e. The second-order valence-electron chi connectivity index (χ2n) is 2.08. The average molecular weight is 157 g/mol. The van der Waals surface area contributed by atoms with Crippen molar-refractivity contribution in [2.75, 3.05) is 13.3 Å². The SMILES string of the molecule is CN/C(C)=C/C=C(\C)SC. The third-order valence-electron chi connectivity index (χ3n) is 1.28. The normalized spacial score (nSPS) is 13.6. The van der Waals surface area contributed by atoms with E-state index in [2.05, 4.69) is 30.6 Å². The van der Waals surface area contributed by atoms with Gasteiger partial charge in [-0.1, -0.05) is 6.08 Å². The van der Waals surface area contributed by atoms with E-state index in [1.807, 2.05) is 14.0 Å². The minimum absolute atomic E-state index is 1.19. The summed E-state index contributed by atoms with van der Waals surface area (Å²) in [6.07, 6.45) is 6.26. The van der Waals surface area contributed by atoms with Crippen LogP contribution >= 0.6 is 11.8 Å². The zero-order valence-electron chi connectivity index (χ0n) is 7.06. The molecule has 0 aromatic carbocycles. The molecule has 0 aliphatic heterocycles. The summed E-state index contributed by atoms with van der Waals surface area (Å²) in [5, 5.41) is 3.05. The van der Waals surface area contributed by atoms with E-state index >= 15 is 0 Å². The Morgan fingerprint density at radius 3 is 2.30 bits per heavy atom. The molecule has 0 fully saturated rings.